The van der Waals surface area contributed by atoms with Gasteiger partial charge >= 0.3 is 5.97 Å². The Bertz CT molecular complexity index is 482. The molecule has 0 unspecified atom stereocenters. The Balaban J connectivity index is 2.23. The average Bonchev–Trinajstić information content (AvgIpc) is 2.80. The summed E-state index contributed by atoms with van der Waals surface area (Å²) in [7, 11) is 0. The van der Waals surface area contributed by atoms with Gasteiger partial charge in [-0.3, -0.25) is 4.98 Å². The van der Waals surface area contributed by atoms with Crippen molar-refractivity contribution in [2.45, 2.75) is 6.92 Å². The zero-order valence-corrected chi connectivity index (χ0v) is 9.53. The van der Waals surface area contributed by atoms with Gasteiger partial charge in [0.15, 0.2) is 0 Å². The zero-order chi connectivity index (χ0) is 11.4. The highest BCUT2D eigenvalue weighted by Crippen LogP contribution is 2.21. The highest BCUT2D eigenvalue weighted by atomic mass is 32.1. The first kappa shape index (κ1) is 10.8. The van der Waals surface area contributed by atoms with Gasteiger partial charge in [0.1, 0.15) is 0 Å². The third-order valence-corrected chi connectivity index (χ3v) is 2.75. The molecule has 2 aromatic rings. The van der Waals surface area contributed by atoms with Crippen LogP contribution in [0.25, 0.3) is 11.3 Å². The van der Waals surface area contributed by atoms with E-state index in [0.29, 0.717) is 11.6 Å². The van der Waals surface area contributed by atoms with Crippen LogP contribution in [0.15, 0.2) is 29.9 Å². The second-order valence-electron chi connectivity index (χ2n) is 2.99. The second kappa shape index (κ2) is 4.85. The fourth-order valence-corrected chi connectivity index (χ4v) is 1.93. The summed E-state index contributed by atoms with van der Waals surface area (Å²) in [6, 6.07) is 3.70. The number of thiazole rings is 1. The Morgan fingerprint density at radius 1 is 1.44 bits per heavy atom. The number of ether oxygens (including phenoxy) is 1. The van der Waals surface area contributed by atoms with Crippen molar-refractivity contribution in [1.29, 1.82) is 0 Å². The molecule has 0 N–H and O–H groups in total. The summed E-state index contributed by atoms with van der Waals surface area (Å²) in [5.74, 6) is -0.368. The highest BCUT2D eigenvalue weighted by Gasteiger charge is 2.12. The zero-order valence-electron chi connectivity index (χ0n) is 8.71. The number of hydrogen-bond acceptors (Lipinski definition) is 5. The maximum Gasteiger partial charge on any atom is 0.367 e. The van der Waals surface area contributed by atoms with E-state index < -0.39 is 0 Å². The average molecular weight is 234 g/mol. The molecule has 0 saturated heterocycles. The van der Waals surface area contributed by atoms with E-state index in [-0.39, 0.29) is 5.97 Å². The van der Waals surface area contributed by atoms with Crippen LogP contribution >= 0.6 is 11.3 Å². The van der Waals surface area contributed by atoms with Crippen molar-refractivity contribution in [3.05, 3.63) is 34.9 Å². The lowest BCUT2D eigenvalue weighted by molar-refractivity contribution is 0.0526. The third kappa shape index (κ3) is 2.25. The van der Waals surface area contributed by atoms with Crippen LogP contribution in [0.1, 0.15) is 16.7 Å². The van der Waals surface area contributed by atoms with Gasteiger partial charge in [-0.05, 0) is 19.1 Å². The number of hydrogen-bond donors (Lipinski definition) is 0. The maximum absolute atomic E-state index is 11.4. The molecule has 0 bridgehead atoms. The van der Waals surface area contributed by atoms with E-state index in [1.807, 2.05) is 17.5 Å². The van der Waals surface area contributed by atoms with Crippen LogP contribution in [0.5, 0.6) is 0 Å². The molecule has 0 aliphatic rings. The molecule has 4 nitrogen and oxygen atoms in total. The van der Waals surface area contributed by atoms with Gasteiger partial charge in [0.25, 0.3) is 0 Å². The van der Waals surface area contributed by atoms with Crippen molar-refractivity contribution in [3.63, 3.8) is 0 Å². The van der Waals surface area contributed by atoms with Crippen molar-refractivity contribution < 1.29 is 9.53 Å². The molecule has 0 atom stereocenters. The number of nitrogens with zero attached hydrogens (tertiary/aromatic N) is 2. The molecule has 0 radical (unpaired) electrons. The number of rotatable bonds is 3. The minimum Gasteiger partial charge on any atom is -0.461 e. The van der Waals surface area contributed by atoms with Gasteiger partial charge in [-0.2, -0.15) is 0 Å². The number of esters is 1. The Hall–Kier alpha value is -1.75. The lowest BCUT2D eigenvalue weighted by Gasteiger charge is -1.96. The molecule has 5 heteroatoms. The lowest BCUT2D eigenvalue weighted by Crippen LogP contribution is -2.03. The molecular formula is C11H10N2O2S. The van der Waals surface area contributed by atoms with Crippen LogP contribution in [0.2, 0.25) is 0 Å². The van der Waals surface area contributed by atoms with Crippen LogP contribution < -0.4 is 0 Å². The monoisotopic (exact) mass is 234 g/mol. The summed E-state index contributed by atoms with van der Waals surface area (Å²) < 4.78 is 4.87. The van der Waals surface area contributed by atoms with Crippen LogP contribution in [-0.4, -0.2) is 22.5 Å². The molecule has 0 amide bonds. The van der Waals surface area contributed by atoms with Gasteiger partial charge in [-0.25, -0.2) is 9.78 Å². The fraction of sp³-hybridized carbons (Fsp3) is 0.182. The number of pyridine rings is 1. The van der Waals surface area contributed by atoms with E-state index in [1.165, 1.54) is 11.3 Å². The summed E-state index contributed by atoms with van der Waals surface area (Å²) in [5.41, 5.74) is 1.72. The molecule has 0 saturated carbocycles. The highest BCUT2D eigenvalue weighted by molar-refractivity contribution is 7.11. The lowest BCUT2D eigenvalue weighted by atomic mass is 10.2. The number of carbonyl (C=O) groups excluding carboxylic acids is 1. The minimum atomic E-state index is -0.368. The summed E-state index contributed by atoms with van der Waals surface area (Å²) in [5, 5.41) is 2.22. The largest absolute Gasteiger partial charge is 0.461 e. The van der Waals surface area contributed by atoms with Gasteiger partial charge in [0.2, 0.25) is 5.01 Å². The Labute approximate surface area is 96.9 Å². The third-order valence-electron chi connectivity index (χ3n) is 1.93. The molecule has 0 aromatic carbocycles. The van der Waals surface area contributed by atoms with Crippen LogP contribution in [0.3, 0.4) is 0 Å². The van der Waals surface area contributed by atoms with E-state index >= 15 is 0 Å². The van der Waals surface area contributed by atoms with Crippen molar-refractivity contribution in [2.75, 3.05) is 6.61 Å². The second-order valence-corrected chi connectivity index (χ2v) is 3.85. The van der Waals surface area contributed by atoms with Crippen molar-refractivity contribution >= 4 is 17.3 Å². The fourth-order valence-electron chi connectivity index (χ4n) is 1.22. The van der Waals surface area contributed by atoms with E-state index in [1.54, 1.807) is 19.3 Å². The maximum atomic E-state index is 11.4. The SMILES string of the molecule is CCOC(=O)c1nc(-c2ccncc2)cs1. The van der Waals surface area contributed by atoms with E-state index in [4.69, 9.17) is 4.74 Å². The van der Waals surface area contributed by atoms with Crippen molar-refractivity contribution in [2.24, 2.45) is 0 Å². The Kier molecular flexibility index (Phi) is 3.26. The normalized spacial score (nSPS) is 10.1. The summed E-state index contributed by atoms with van der Waals surface area (Å²) in [6.45, 7) is 2.14. The van der Waals surface area contributed by atoms with Gasteiger partial charge in [0.05, 0.1) is 12.3 Å². The molecule has 2 heterocycles. The topological polar surface area (TPSA) is 52.1 Å². The van der Waals surface area contributed by atoms with Crippen LogP contribution in [-0.2, 0) is 4.74 Å². The molecule has 0 aliphatic heterocycles. The predicted octanol–water partition coefficient (Wildman–Crippen LogP) is 2.38. The molecular weight excluding hydrogens is 224 g/mol. The molecule has 82 valence electrons. The van der Waals surface area contributed by atoms with Gasteiger partial charge < -0.3 is 4.74 Å². The molecule has 0 aliphatic carbocycles. The molecule has 0 fully saturated rings. The minimum absolute atomic E-state index is 0.364. The number of aromatic nitrogens is 2. The van der Waals surface area contributed by atoms with Crippen molar-refractivity contribution in [1.82, 2.24) is 9.97 Å². The Morgan fingerprint density at radius 3 is 2.88 bits per heavy atom. The van der Waals surface area contributed by atoms with E-state index in [9.17, 15) is 4.79 Å². The standard InChI is InChI=1S/C11H10N2O2S/c1-2-15-11(14)10-13-9(7-16-10)8-3-5-12-6-4-8/h3-7H,2H2,1H3. The summed E-state index contributed by atoms with van der Waals surface area (Å²) in [4.78, 5) is 19.5. The van der Waals surface area contributed by atoms with Crippen LogP contribution in [0.4, 0.5) is 0 Å². The molecule has 16 heavy (non-hydrogen) atoms. The molecule has 2 aromatic heterocycles. The van der Waals surface area contributed by atoms with Crippen LogP contribution in [0, 0.1) is 0 Å². The molecule has 2 rings (SSSR count). The van der Waals surface area contributed by atoms with Crippen molar-refractivity contribution in [3.8, 4) is 11.3 Å². The van der Waals surface area contributed by atoms with E-state index in [0.717, 1.165) is 11.3 Å². The smallest absolute Gasteiger partial charge is 0.367 e. The first-order valence-corrected chi connectivity index (χ1v) is 5.72. The Morgan fingerprint density at radius 2 is 2.19 bits per heavy atom. The predicted molar refractivity (Wildman–Crippen MR) is 61.3 cm³/mol. The number of carbonyl (C=O) groups is 1. The quantitative estimate of drug-likeness (QED) is 0.765. The molecule has 0 spiro atoms. The first-order valence-electron chi connectivity index (χ1n) is 4.84. The first-order chi connectivity index (χ1) is 7.81. The van der Waals surface area contributed by atoms with E-state index in [2.05, 4.69) is 9.97 Å². The van der Waals surface area contributed by atoms with Gasteiger partial charge in [0, 0.05) is 23.3 Å². The van der Waals surface area contributed by atoms with Gasteiger partial charge in [-0.1, -0.05) is 0 Å². The summed E-state index contributed by atoms with van der Waals surface area (Å²) >= 11 is 1.29. The van der Waals surface area contributed by atoms with Gasteiger partial charge in [-0.15, -0.1) is 11.3 Å². The summed E-state index contributed by atoms with van der Waals surface area (Å²) in [6.07, 6.45) is 3.39.